The maximum Gasteiger partial charge on any atom is 0.104 e. The molecule has 0 atom stereocenters. The summed E-state index contributed by atoms with van der Waals surface area (Å²) in [6, 6.07) is 0. The molecule has 0 amide bonds. The van der Waals surface area contributed by atoms with E-state index in [0.717, 1.165) is 5.57 Å². The summed E-state index contributed by atoms with van der Waals surface area (Å²) in [7, 11) is 0. The second kappa shape index (κ2) is 4.42. The van der Waals surface area contributed by atoms with Gasteiger partial charge < -0.3 is 5.11 Å². The van der Waals surface area contributed by atoms with Gasteiger partial charge in [0.25, 0.3) is 0 Å². The van der Waals surface area contributed by atoms with Crippen LogP contribution in [0.25, 0.3) is 0 Å². The lowest BCUT2D eigenvalue weighted by molar-refractivity contribution is 0.350. The van der Waals surface area contributed by atoms with E-state index < -0.39 is 0 Å². The summed E-state index contributed by atoms with van der Waals surface area (Å²) in [6.07, 6.45) is 1.77. The molecule has 0 radical (unpaired) electrons. The first-order chi connectivity index (χ1) is 3.77. The van der Waals surface area contributed by atoms with Crippen LogP contribution in [0.1, 0.15) is 13.8 Å². The van der Waals surface area contributed by atoms with Crippen molar-refractivity contribution in [2.75, 3.05) is 6.61 Å². The van der Waals surface area contributed by atoms with Gasteiger partial charge in [0.1, 0.15) is 6.61 Å². The zero-order chi connectivity index (χ0) is 6.41. The number of aliphatic hydroxyl groups is 1. The third-order valence-electron chi connectivity index (χ3n) is 0.542. The first-order valence-corrected chi connectivity index (χ1v) is 2.50. The van der Waals surface area contributed by atoms with Crippen LogP contribution in [0, 0.1) is 11.8 Å². The zero-order valence-electron chi connectivity index (χ0n) is 5.23. The van der Waals surface area contributed by atoms with Crippen LogP contribution in [0.3, 0.4) is 0 Å². The molecule has 0 bridgehead atoms. The number of rotatable bonds is 0. The van der Waals surface area contributed by atoms with E-state index in [-0.39, 0.29) is 6.61 Å². The van der Waals surface area contributed by atoms with E-state index in [1.807, 2.05) is 13.8 Å². The van der Waals surface area contributed by atoms with Gasteiger partial charge in [-0.05, 0) is 19.9 Å². The Balaban J connectivity index is 3.57. The van der Waals surface area contributed by atoms with Crippen LogP contribution in [0.5, 0.6) is 0 Å². The van der Waals surface area contributed by atoms with Crippen LogP contribution in [-0.2, 0) is 0 Å². The monoisotopic (exact) mass is 110 g/mol. The summed E-state index contributed by atoms with van der Waals surface area (Å²) < 4.78 is 0. The van der Waals surface area contributed by atoms with Crippen LogP contribution in [0.15, 0.2) is 11.6 Å². The van der Waals surface area contributed by atoms with E-state index in [0.29, 0.717) is 0 Å². The van der Waals surface area contributed by atoms with E-state index in [9.17, 15) is 0 Å². The quantitative estimate of drug-likeness (QED) is 0.460. The van der Waals surface area contributed by atoms with Crippen molar-refractivity contribution in [2.45, 2.75) is 13.8 Å². The number of hydrogen-bond acceptors (Lipinski definition) is 1. The molecule has 1 N–H and O–H groups in total. The van der Waals surface area contributed by atoms with E-state index in [4.69, 9.17) is 5.11 Å². The molecule has 0 aliphatic heterocycles. The fourth-order valence-corrected chi connectivity index (χ4v) is 0.241. The highest BCUT2D eigenvalue weighted by Crippen LogP contribution is 1.83. The zero-order valence-corrected chi connectivity index (χ0v) is 5.23. The first kappa shape index (κ1) is 7.26. The lowest BCUT2D eigenvalue weighted by Crippen LogP contribution is -1.69. The van der Waals surface area contributed by atoms with Gasteiger partial charge in [-0.1, -0.05) is 17.4 Å². The summed E-state index contributed by atoms with van der Waals surface area (Å²) in [6.45, 7) is 3.88. The molecular formula is C7H10O. The molecular weight excluding hydrogens is 100 g/mol. The second-order valence-corrected chi connectivity index (χ2v) is 1.70. The molecule has 8 heavy (non-hydrogen) atoms. The van der Waals surface area contributed by atoms with Crippen LogP contribution < -0.4 is 0 Å². The summed E-state index contributed by atoms with van der Waals surface area (Å²) in [5.41, 5.74) is 1.16. The minimum atomic E-state index is -0.0518. The fourth-order valence-electron chi connectivity index (χ4n) is 0.241. The third-order valence-corrected chi connectivity index (χ3v) is 0.542. The molecule has 1 nitrogen and oxygen atoms in total. The van der Waals surface area contributed by atoms with Crippen molar-refractivity contribution < 1.29 is 5.11 Å². The molecule has 0 aromatic rings. The molecule has 0 aliphatic carbocycles. The van der Waals surface area contributed by atoms with Gasteiger partial charge in [0.2, 0.25) is 0 Å². The van der Waals surface area contributed by atoms with Crippen LogP contribution >= 0.6 is 0 Å². The second-order valence-electron chi connectivity index (χ2n) is 1.70. The Morgan fingerprint density at radius 3 is 2.62 bits per heavy atom. The Hall–Kier alpha value is -0.740. The Kier molecular flexibility index (Phi) is 4.01. The number of allylic oxidation sites excluding steroid dienone is 2. The van der Waals surface area contributed by atoms with Crippen molar-refractivity contribution in [3.8, 4) is 11.8 Å². The molecule has 0 heterocycles. The number of hydrogen-bond donors (Lipinski definition) is 1. The largest absolute Gasteiger partial charge is 0.384 e. The van der Waals surface area contributed by atoms with E-state index in [1.165, 1.54) is 0 Å². The molecule has 0 saturated carbocycles. The average molecular weight is 110 g/mol. The molecule has 0 spiro atoms. The third kappa shape index (κ3) is 5.26. The van der Waals surface area contributed by atoms with Crippen LogP contribution in [-0.4, -0.2) is 11.7 Å². The maximum absolute atomic E-state index is 8.18. The minimum absolute atomic E-state index is 0.0518. The van der Waals surface area contributed by atoms with Crippen molar-refractivity contribution >= 4 is 0 Å². The molecule has 0 aromatic carbocycles. The standard InChI is InChI=1S/C7H10O/c1-7(2)5-3-4-6-8/h5,8H,6H2,1-2H3. The normalized spacial score (nSPS) is 6.88. The molecule has 1 heteroatoms. The molecule has 0 aromatic heterocycles. The fraction of sp³-hybridized carbons (Fsp3) is 0.429. The first-order valence-electron chi connectivity index (χ1n) is 2.50. The van der Waals surface area contributed by atoms with Gasteiger partial charge in [0, 0.05) is 0 Å². The molecule has 0 unspecified atom stereocenters. The van der Waals surface area contributed by atoms with Crippen molar-refractivity contribution in [1.29, 1.82) is 0 Å². The van der Waals surface area contributed by atoms with E-state index >= 15 is 0 Å². The highest BCUT2D eigenvalue weighted by atomic mass is 16.2. The SMILES string of the molecule is CC(C)=CC#CCO. The van der Waals surface area contributed by atoms with Gasteiger partial charge in [0.15, 0.2) is 0 Å². The molecule has 0 aliphatic rings. The van der Waals surface area contributed by atoms with E-state index in [2.05, 4.69) is 11.8 Å². The molecule has 44 valence electrons. The van der Waals surface area contributed by atoms with Gasteiger partial charge in [-0.15, -0.1) is 0 Å². The van der Waals surface area contributed by atoms with Gasteiger partial charge in [-0.3, -0.25) is 0 Å². The van der Waals surface area contributed by atoms with Gasteiger partial charge >= 0.3 is 0 Å². The van der Waals surface area contributed by atoms with Crippen LogP contribution in [0.2, 0.25) is 0 Å². The summed E-state index contributed by atoms with van der Waals surface area (Å²) in [4.78, 5) is 0. The topological polar surface area (TPSA) is 20.2 Å². The number of aliphatic hydroxyl groups excluding tert-OH is 1. The highest BCUT2D eigenvalue weighted by Gasteiger charge is 1.66. The van der Waals surface area contributed by atoms with E-state index in [1.54, 1.807) is 6.08 Å². The molecule has 0 saturated heterocycles. The Labute approximate surface area is 50.0 Å². The lowest BCUT2D eigenvalue weighted by atomic mass is 10.3. The maximum atomic E-state index is 8.18. The Bertz CT molecular complexity index is 130. The summed E-state index contributed by atoms with van der Waals surface area (Å²) in [5.74, 6) is 5.18. The molecule has 0 fully saturated rings. The molecule has 0 rings (SSSR count). The predicted molar refractivity (Wildman–Crippen MR) is 34.3 cm³/mol. The smallest absolute Gasteiger partial charge is 0.104 e. The van der Waals surface area contributed by atoms with Crippen molar-refractivity contribution in [1.82, 2.24) is 0 Å². The van der Waals surface area contributed by atoms with Crippen molar-refractivity contribution in [3.63, 3.8) is 0 Å². The summed E-state index contributed by atoms with van der Waals surface area (Å²) >= 11 is 0. The summed E-state index contributed by atoms with van der Waals surface area (Å²) in [5, 5.41) is 8.18. The lowest BCUT2D eigenvalue weighted by Gasteiger charge is -1.76. The Morgan fingerprint density at radius 2 is 2.25 bits per heavy atom. The predicted octanol–water partition coefficient (Wildman–Crippen LogP) is 0.948. The highest BCUT2D eigenvalue weighted by molar-refractivity contribution is 5.18. The van der Waals surface area contributed by atoms with Gasteiger partial charge in [-0.2, -0.15) is 0 Å². The Morgan fingerprint density at radius 1 is 1.62 bits per heavy atom. The average Bonchev–Trinajstić information content (AvgIpc) is 1.66. The van der Waals surface area contributed by atoms with Gasteiger partial charge in [-0.25, -0.2) is 0 Å². The van der Waals surface area contributed by atoms with Crippen molar-refractivity contribution in [2.24, 2.45) is 0 Å². The van der Waals surface area contributed by atoms with Crippen molar-refractivity contribution in [3.05, 3.63) is 11.6 Å². The minimum Gasteiger partial charge on any atom is -0.384 e. The van der Waals surface area contributed by atoms with Gasteiger partial charge in [0.05, 0.1) is 0 Å². The van der Waals surface area contributed by atoms with Crippen LogP contribution in [0.4, 0.5) is 0 Å².